The van der Waals surface area contributed by atoms with Crippen LogP contribution in [0.15, 0.2) is 35.5 Å². The normalized spacial score (nSPS) is 12.1. The van der Waals surface area contributed by atoms with E-state index in [0.717, 1.165) is 48.4 Å². The number of hydrogen-bond acceptors (Lipinski definition) is 5. The summed E-state index contributed by atoms with van der Waals surface area (Å²) in [6.07, 6.45) is 3.86. The van der Waals surface area contributed by atoms with Crippen LogP contribution in [0.3, 0.4) is 0 Å². The summed E-state index contributed by atoms with van der Waals surface area (Å²) >= 11 is 1.78. The lowest BCUT2D eigenvalue weighted by atomic mass is 10.3. The summed E-state index contributed by atoms with van der Waals surface area (Å²) in [4.78, 5) is 10.4. The molecule has 0 aliphatic heterocycles. The highest BCUT2D eigenvalue weighted by molar-refractivity contribution is 14.0. The van der Waals surface area contributed by atoms with Gasteiger partial charge in [0.2, 0.25) is 0 Å². The van der Waals surface area contributed by atoms with Gasteiger partial charge in [0.15, 0.2) is 5.96 Å². The second kappa shape index (κ2) is 13.6. The third kappa shape index (κ3) is 8.64. The molecule has 2 N–H and O–H groups in total. The van der Waals surface area contributed by atoms with Gasteiger partial charge in [0.25, 0.3) is 0 Å². The van der Waals surface area contributed by atoms with Gasteiger partial charge in [-0.2, -0.15) is 0 Å². The van der Waals surface area contributed by atoms with Gasteiger partial charge in [-0.15, -0.1) is 35.3 Å². The highest BCUT2D eigenvalue weighted by Gasteiger charge is 2.06. The van der Waals surface area contributed by atoms with Crippen molar-refractivity contribution < 1.29 is 9.47 Å². The number of guanidine groups is 1. The van der Waals surface area contributed by atoms with Gasteiger partial charge in [0, 0.05) is 36.7 Å². The number of thiazole rings is 1. The number of aryl methyl sites for hydroxylation is 1. The number of nitrogens with zero attached hydrogens (tertiary/aromatic N) is 2. The molecule has 0 spiro atoms. The van der Waals surface area contributed by atoms with Crippen LogP contribution in [0, 0.1) is 0 Å². The van der Waals surface area contributed by atoms with Gasteiger partial charge in [0.05, 0.1) is 18.7 Å². The van der Waals surface area contributed by atoms with Crippen LogP contribution < -0.4 is 20.1 Å². The van der Waals surface area contributed by atoms with E-state index in [4.69, 9.17) is 9.47 Å². The van der Waals surface area contributed by atoms with E-state index < -0.39 is 0 Å². The van der Waals surface area contributed by atoms with Gasteiger partial charge in [-0.25, -0.2) is 9.98 Å². The molecule has 0 fully saturated rings. The number of benzene rings is 1. The Labute approximate surface area is 189 Å². The van der Waals surface area contributed by atoms with Crippen molar-refractivity contribution in [1.29, 1.82) is 0 Å². The van der Waals surface area contributed by atoms with Crippen molar-refractivity contribution in [3.63, 3.8) is 0 Å². The molecule has 0 bridgehead atoms. The summed E-state index contributed by atoms with van der Waals surface area (Å²) in [5, 5.41) is 7.79. The molecule has 0 radical (unpaired) electrons. The molecule has 1 aromatic carbocycles. The zero-order valence-electron chi connectivity index (χ0n) is 17.0. The lowest BCUT2D eigenvalue weighted by Gasteiger charge is -2.15. The molecule has 8 heteroatoms. The molecule has 1 atom stereocenters. The number of aromatic nitrogens is 1. The quantitative estimate of drug-likeness (QED) is 0.284. The first kappa shape index (κ1) is 24.5. The van der Waals surface area contributed by atoms with Crippen molar-refractivity contribution in [3.05, 3.63) is 40.3 Å². The molecule has 1 aromatic heterocycles. The van der Waals surface area contributed by atoms with Crippen molar-refractivity contribution in [2.75, 3.05) is 26.7 Å². The average Bonchev–Trinajstić information content (AvgIpc) is 3.14. The minimum absolute atomic E-state index is 0. The number of halogens is 1. The first-order valence-corrected chi connectivity index (χ1v) is 10.2. The van der Waals surface area contributed by atoms with Gasteiger partial charge < -0.3 is 20.1 Å². The number of ether oxygens (including phenoxy) is 2. The van der Waals surface area contributed by atoms with Gasteiger partial charge in [-0.1, -0.05) is 13.0 Å². The Kier molecular flexibility index (Phi) is 11.9. The molecule has 0 aliphatic carbocycles. The molecule has 156 valence electrons. The van der Waals surface area contributed by atoms with E-state index in [2.05, 4.69) is 34.5 Å². The smallest absolute Gasteiger partial charge is 0.191 e. The Morgan fingerprint density at radius 2 is 2.04 bits per heavy atom. The second-order valence-corrected chi connectivity index (χ2v) is 7.28. The third-order valence-corrected chi connectivity index (χ3v) is 5.01. The van der Waals surface area contributed by atoms with Gasteiger partial charge >= 0.3 is 0 Å². The van der Waals surface area contributed by atoms with Gasteiger partial charge in [-0.3, -0.25) is 0 Å². The van der Waals surface area contributed by atoms with E-state index in [-0.39, 0.29) is 30.1 Å². The fourth-order valence-corrected chi connectivity index (χ4v) is 3.28. The summed E-state index contributed by atoms with van der Waals surface area (Å²) in [6.45, 7) is 8.39. The summed E-state index contributed by atoms with van der Waals surface area (Å²) in [5.74, 6) is 2.36. The Balaban J connectivity index is 0.00000392. The minimum atomic E-state index is -0.0429. The SMILES string of the molecule is CCNC(=NCC(C)Oc1cccc(OC)c1)NCCc1ncc(CC)s1.I. The van der Waals surface area contributed by atoms with Crippen LogP contribution in [0.4, 0.5) is 0 Å². The molecular weight excluding hydrogens is 487 g/mol. The Morgan fingerprint density at radius 3 is 2.71 bits per heavy atom. The standard InChI is InChI=1S/C20H30N4O2S.HI/c1-5-18-14-23-19(27-18)10-11-22-20(21-6-2)24-13-15(3)26-17-9-7-8-16(12-17)25-4;/h7-9,12,14-15H,5-6,10-11,13H2,1-4H3,(H2,21,22,24);1H. The molecule has 1 unspecified atom stereocenters. The summed E-state index contributed by atoms with van der Waals surface area (Å²) in [5.41, 5.74) is 0. The molecule has 0 amide bonds. The van der Waals surface area contributed by atoms with E-state index in [0.29, 0.717) is 6.54 Å². The third-order valence-electron chi connectivity index (χ3n) is 3.81. The minimum Gasteiger partial charge on any atom is -0.497 e. The Bertz CT molecular complexity index is 724. The summed E-state index contributed by atoms with van der Waals surface area (Å²) in [7, 11) is 1.65. The molecule has 28 heavy (non-hydrogen) atoms. The topological polar surface area (TPSA) is 67.8 Å². The molecule has 0 aliphatic rings. The van der Waals surface area contributed by atoms with Crippen LogP contribution in [0.25, 0.3) is 0 Å². The maximum absolute atomic E-state index is 5.92. The van der Waals surface area contributed by atoms with Crippen molar-refractivity contribution in [2.24, 2.45) is 4.99 Å². The number of hydrogen-bond donors (Lipinski definition) is 2. The molecule has 1 heterocycles. The van der Waals surface area contributed by atoms with Gasteiger partial charge in [0.1, 0.15) is 17.6 Å². The fourth-order valence-electron chi connectivity index (χ4n) is 2.42. The largest absolute Gasteiger partial charge is 0.497 e. The maximum Gasteiger partial charge on any atom is 0.191 e. The van der Waals surface area contributed by atoms with Crippen LogP contribution in [0.1, 0.15) is 30.7 Å². The number of rotatable bonds is 10. The summed E-state index contributed by atoms with van der Waals surface area (Å²) < 4.78 is 11.1. The number of methoxy groups -OCH3 is 1. The first-order chi connectivity index (χ1) is 13.1. The zero-order valence-corrected chi connectivity index (χ0v) is 20.2. The van der Waals surface area contributed by atoms with Gasteiger partial charge in [-0.05, 0) is 32.4 Å². The summed E-state index contributed by atoms with van der Waals surface area (Å²) in [6, 6.07) is 7.61. The van der Waals surface area contributed by atoms with E-state index in [1.54, 1.807) is 18.4 Å². The van der Waals surface area contributed by atoms with Crippen molar-refractivity contribution in [1.82, 2.24) is 15.6 Å². The monoisotopic (exact) mass is 518 g/mol. The predicted octanol–water partition coefficient (Wildman–Crippen LogP) is 3.90. The van der Waals surface area contributed by atoms with Crippen LogP contribution in [0.2, 0.25) is 0 Å². The van der Waals surface area contributed by atoms with E-state index >= 15 is 0 Å². The second-order valence-electron chi connectivity index (χ2n) is 6.08. The molecule has 6 nitrogen and oxygen atoms in total. The van der Waals surface area contributed by atoms with Crippen molar-refractivity contribution >= 4 is 41.3 Å². The van der Waals surface area contributed by atoms with Crippen LogP contribution in [-0.4, -0.2) is 43.8 Å². The average molecular weight is 518 g/mol. The molecule has 0 saturated carbocycles. The van der Waals surface area contributed by atoms with E-state index in [1.165, 1.54) is 4.88 Å². The molecule has 2 rings (SSSR count). The maximum atomic E-state index is 5.92. The fraction of sp³-hybridized carbons (Fsp3) is 0.500. The highest BCUT2D eigenvalue weighted by atomic mass is 127. The van der Waals surface area contributed by atoms with E-state index in [9.17, 15) is 0 Å². The van der Waals surface area contributed by atoms with Crippen molar-refractivity contribution in [3.8, 4) is 11.5 Å². The first-order valence-electron chi connectivity index (χ1n) is 9.41. The number of aliphatic imine (C=N–C) groups is 1. The Morgan fingerprint density at radius 1 is 1.25 bits per heavy atom. The zero-order chi connectivity index (χ0) is 19.5. The van der Waals surface area contributed by atoms with Crippen LogP contribution in [0.5, 0.6) is 11.5 Å². The Hall–Kier alpha value is -1.55. The van der Waals surface area contributed by atoms with Crippen LogP contribution in [-0.2, 0) is 12.8 Å². The lowest BCUT2D eigenvalue weighted by molar-refractivity contribution is 0.229. The van der Waals surface area contributed by atoms with Crippen molar-refractivity contribution in [2.45, 2.75) is 39.7 Å². The molecular formula is C20H31IN4O2S. The van der Waals surface area contributed by atoms with Crippen LogP contribution >= 0.6 is 35.3 Å². The van der Waals surface area contributed by atoms with E-state index in [1.807, 2.05) is 37.4 Å². The molecule has 2 aromatic rings. The lowest BCUT2D eigenvalue weighted by Crippen LogP contribution is -2.39. The number of nitrogens with one attached hydrogen (secondary N) is 2. The highest BCUT2D eigenvalue weighted by Crippen LogP contribution is 2.20. The molecule has 0 saturated heterocycles. The predicted molar refractivity (Wildman–Crippen MR) is 128 cm³/mol.